The number of hydrogen-bond acceptors (Lipinski definition) is 5. The zero-order chi connectivity index (χ0) is 29.1. The fraction of sp³-hybridized carbons (Fsp3) is 0.480. The maximum atomic E-state index is 13.1. The van der Waals surface area contributed by atoms with Gasteiger partial charge in [-0.15, -0.1) is 13.2 Å². The van der Waals surface area contributed by atoms with Gasteiger partial charge in [0.25, 0.3) is 0 Å². The first-order valence-corrected chi connectivity index (χ1v) is 13.4. The third-order valence-electron chi connectivity index (χ3n) is 6.20. The molecule has 0 N–H and O–H groups in total. The number of ether oxygens (including phenoxy) is 2. The predicted molar refractivity (Wildman–Crippen MR) is 128 cm³/mol. The number of rotatable bonds is 9. The highest BCUT2D eigenvalue weighted by atomic mass is 32.2. The monoisotopic (exact) mass is 582 g/mol. The van der Waals surface area contributed by atoms with E-state index in [1.165, 1.54) is 16.4 Å². The van der Waals surface area contributed by atoms with E-state index in [1.54, 1.807) is 18.7 Å². The molecule has 0 radical (unpaired) electrons. The number of amides is 1. The topological polar surface area (TPSA) is 76.2 Å². The van der Waals surface area contributed by atoms with Crippen LogP contribution in [-0.4, -0.2) is 62.7 Å². The van der Waals surface area contributed by atoms with Crippen molar-refractivity contribution in [2.45, 2.75) is 44.1 Å². The van der Waals surface area contributed by atoms with Gasteiger partial charge >= 0.3 is 12.5 Å². The van der Waals surface area contributed by atoms with E-state index in [0.717, 1.165) is 36.4 Å². The number of piperazine rings is 1. The molecule has 1 heterocycles. The summed E-state index contributed by atoms with van der Waals surface area (Å²) in [5.41, 5.74) is -1.57. The fourth-order valence-corrected chi connectivity index (χ4v) is 5.50. The Balaban J connectivity index is 1.48. The number of hydrogen-bond donors (Lipinski definition) is 0. The number of alkyl halides is 6. The molecule has 0 spiro atoms. The number of benzene rings is 2. The largest absolute Gasteiger partial charge is 0.573 e. The van der Waals surface area contributed by atoms with E-state index in [9.17, 15) is 39.6 Å². The Morgan fingerprint density at radius 1 is 0.846 bits per heavy atom. The van der Waals surface area contributed by atoms with Gasteiger partial charge in [-0.3, -0.25) is 4.79 Å². The lowest BCUT2D eigenvalue weighted by atomic mass is 9.86. The van der Waals surface area contributed by atoms with Crippen LogP contribution < -0.4 is 9.47 Å². The molecule has 216 valence electrons. The first-order chi connectivity index (χ1) is 18.0. The van der Waals surface area contributed by atoms with Crippen molar-refractivity contribution in [3.63, 3.8) is 0 Å². The second-order valence-corrected chi connectivity index (χ2v) is 11.5. The molecule has 0 saturated carbocycles. The smallest absolute Gasteiger partial charge is 0.494 e. The average Bonchev–Trinajstić information content (AvgIpc) is 2.85. The van der Waals surface area contributed by atoms with E-state index < -0.39 is 39.3 Å². The van der Waals surface area contributed by atoms with Gasteiger partial charge in [0.2, 0.25) is 15.9 Å². The summed E-state index contributed by atoms with van der Waals surface area (Å²) in [5, 5.41) is 0. The van der Waals surface area contributed by atoms with E-state index in [0.29, 0.717) is 12.8 Å². The van der Waals surface area contributed by atoms with Crippen LogP contribution in [0.3, 0.4) is 0 Å². The molecule has 0 atom stereocenters. The SMILES string of the molecule is CC(C)(CCCOc1ccc(C(F)(F)F)cc1)C(=O)N1CCN(S(=O)(=O)c2ccc(OC(F)(F)F)cc2)CC1. The van der Waals surface area contributed by atoms with E-state index in [4.69, 9.17) is 4.74 Å². The molecule has 7 nitrogen and oxygen atoms in total. The highest BCUT2D eigenvalue weighted by molar-refractivity contribution is 7.89. The van der Waals surface area contributed by atoms with Crippen molar-refractivity contribution in [3.8, 4) is 11.5 Å². The summed E-state index contributed by atoms with van der Waals surface area (Å²) in [5.74, 6) is -0.432. The third-order valence-corrected chi connectivity index (χ3v) is 8.11. The molecule has 0 aliphatic carbocycles. The first-order valence-electron chi connectivity index (χ1n) is 11.9. The minimum atomic E-state index is -4.89. The number of halogens is 6. The maximum absolute atomic E-state index is 13.1. The lowest BCUT2D eigenvalue weighted by molar-refractivity contribution is -0.274. The maximum Gasteiger partial charge on any atom is 0.573 e. The van der Waals surface area contributed by atoms with Gasteiger partial charge in [-0.1, -0.05) is 13.8 Å². The molecule has 39 heavy (non-hydrogen) atoms. The van der Waals surface area contributed by atoms with Crippen molar-refractivity contribution in [2.75, 3.05) is 32.8 Å². The average molecular weight is 583 g/mol. The lowest BCUT2D eigenvalue weighted by Gasteiger charge is -2.38. The van der Waals surface area contributed by atoms with Gasteiger partial charge in [0, 0.05) is 31.6 Å². The van der Waals surface area contributed by atoms with E-state index in [-0.39, 0.29) is 49.3 Å². The van der Waals surface area contributed by atoms with Crippen LogP contribution >= 0.6 is 0 Å². The van der Waals surface area contributed by atoms with Crippen LogP contribution in [0, 0.1) is 5.41 Å². The summed E-state index contributed by atoms with van der Waals surface area (Å²) in [6, 6.07) is 8.23. The summed E-state index contributed by atoms with van der Waals surface area (Å²) in [4.78, 5) is 14.5. The number of carbonyl (C=O) groups excluding carboxylic acids is 1. The molecule has 0 aromatic heterocycles. The molecule has 2 aromatic rings. The van der Waals surface area contributed by atoms with E-state index in [1.807, 2.05) is 0 Å². The molecule has 0 bridgehead atoms. The Morgan fingerprint density at radius 3 is 1.90 bits per heavy atom. The van der Waals surface area contributed by atoms with Gasteiger partial charge in [0.15, 0.2) is 0 Å². The van der Waals surface area contributed by atoms with Crippen LogP contribution in [0.5, 0.6) is 11.5 Å². The first kappa shape index (κ1) is 30.5. The summed E-state index contributed by atoms with van der Waals surface area (Å²) >= 11 is 0. The van der Waals surface area contributed by atoms with Crippen molar-refractivity contribution < 1.29 is 49.0 Å². The zero-order valence-corrected chi connectivity index (χ0v) is 22.0. The zero-order valence-electron chi connectivity index (χ0n) is 21.2. The Kier molecular flexibility index (Phi) is 9.10. The Bertz CT molecular complexity index is 1220. The number of carbonyl (C=O) groups is 1. The number of sulfonamides is 1. The molecule has 1 saturated heterocycles. The van der Waals surface area contributed by atoms with Crippen molar-refractivity contribution in [1.82, 2.24) is 9.21 Å². The van der Waals surface area contributed by atoms with Crippen LogP contribution in [0.1, 0.15) is 32.3 Å². The van der Waals surface area contributed by atoms with E-state index in [2.05, 4.69) is 4.74 Å². The van der Waals surface area contributed by atoms with Gasteiger partial charge < -0.3 is 14.4 Å². The lowest BCUT2D eigenvalue weighted by Crippen LogP contribution is -2.53. The van der Waals surface area contributed by atoms with Crippen molar-refractivity contribution in [2.24, 2.45) is 5.41 Å². The molecule has 14 heteroatoms. The standard InChI is InChI=1S/C25H28F6N2O5S/c1-23(2,12-3-17-37-19-6-4-18(5-7-19)24(26,27)28)22(34)32-13-15-33(16-14-32)39(35,36)21-10-8-20(9-11-21)38-25(29,30)31/h4-11H,3,12-17H2,1-2H3. The minimum absolute atomic E-state index is 0.0159. The Labute approximate surface area is 222 Å². The molecular weight excluding hydrogens is 554 g/mol. The molecule has 1 fully saturated rings. The van der Waals surface area contributed by atoms with Gasteiger partial charge in [0.1, 0.15) is 11.5 Å². The summed E-state index contributed by atoms with van der Waals surface area (Å²) in [6.45, 7) is 4.00. The molecular formula is C25H28F6N2O5S. The van der Waals surface area contributed by atoms with Crippen LogP contribution in [0.25, 0.3) is 0 Å². The van der Waals surface area contributed by atoms with Gasteiger partial charge in [-0.05, 0) is 61.4 Å². The molecule has 1 aliphatic rings. The summed E-state index contributed by atoms with van der Waals surface area (Å²) in [7, 11) is -3.98. The third kappa shape index (κ3) is 8.24. The van der Waals surface area contributed by atoms with Gasteiger partial charge in [0.05, 0.1) is 17.1 Å². The summed E-state index contributed by atoms with van der Waals surface area (Å²) < 4.78 is 111. The number of nitrogens with zero attached hydrogens (tertiary/aromatic N) is 2. The molecule has 1 amide bonds. The summed E-state index contributed by atoms with van der Waals surface area (Å²) in [6.07, 6.45) is -8.44. The molecule has 1 aliphatic heterocycles. The van der Waals surface area contributed by atoms with Crippen molar-refractivity contribution in [3.05, 3.63) is 54.1 Å². The highest BCUT2D eigenvalue weighted by Gasteiger charge is 2.36. The van der Waals surface area contributed by atoms with Crippen LogP contribution in [0.15, 0.2) is 53.4 Å². The molecule has 2 aromatic carbocycles. The van der Waals surface area contributed by atoms with E-state index >= 15 is 0 Å². The van der Waals surface area contributed by atoms with Crippen molar-refractivity contribution >= 4 is 15.9 Å². The van der Waals surface area contributed by atoms with Crippen molar-refractivity contribution in [1.29, 1.82) is 0 Å². The Morgan fingerprint density at radius 2 is 1.38 bits per heavy atom. The predicted octanol–water partition coefficient (Wildman–Crippen LogP) is 5.32. The highest BCUT2D eigenvalue weighted by Crippen LogP contribution is 2.31. The van der Waals surface area contributed by atoms with Gasteiger partial charge in [-0.2, -0.15) is 17.5 Å². The van der Waals surface area contributed by atoms with Crippen LogP contribution in [0.4, 0.5) is 26.3 Å². The Hall–Kier alpha value is -3.00. The molecule has 3 rings (SSSR count). The van der Waals surface area contributed by atoms with Gasteiger partial charge in [-0.25, -0.2) is 8.42 Å². The molecule has 0 unspecified atom stereocenters. The fourth-order valence-electron chi connectivity index (χ4n) is 4.07. The second-order valence-electron chi connectivity index (χ2n) is 9.57. The quantitative estimate of drug-likeness (QED) is 0.296. The van der Waals surface area contributed by atoms with Crippen LogP contribution in [-0.2, 0) is 21.0 Å². The normalized spacial score (nSPS) is 15.7. The second kappa shape index (κ2) is 11.6. The minimum Gasteiger partial charge on any atom is -0.494 e. The van der Waals surface area contributed by atoms with Crippen LogP contribution in [0.2, 0.25) is 0 Å².